The lowest BCUT2D eigenvalue weighted by molar-refractivity contribution is 0.0591. The van der Waals surface area contributed by atoms with Crippen LogP contribution in [-0.2, 0) is 4.74 Å². The molecule has 0 aliphatic carbocycles. The normalized spacial score (nSPS) is 10.7. The summed E-state index contributed by atoms with van der Waals surface area (Å²) in [6.07, 6.45) is 1.58. The number of carbonyl (C=O) groups is 1. The van der Waals surface area contributed by atoms with E-state index < -0.39 is 5.97 Å². The quantitative estimate of drug-likeness (QED) is 0.647. The highest BCUT2D eigenvalue weighted by Gasteiger charge is 2.13. The Morgan fingerprint density at radius 2 is 2.11 bits per heavy atom. The van der Waals surface area contributed by atoms with E-state index in [1.54, 1.807) is 22.9 Å². The van der Waals surface area contributed by atoms with Gasteiger partial charge in [0.05, 0.1) is 18.9 Å². The van der Waals surface area contributed by atoms with Crippen molar-refractivity contribution in [3.8, 4) is 11.5 Å². The first-order chi connectivity index (χ1) is 8.79. The number of methoxy groups -OCH3 is 1. The maximum absolute atomic E-state index is 11.6. The highest BCUT2D eigenvalue weighted by Crippen LogP contribution is 2.19. The Morgan fingerprint density at radius 3 is 2.83 bits per heavy atom. The van der Waals surface area contributed by atoms with Crippen molar-refractivity contribution in [2.75, 3.05) is 7.11 Å². The van der Waals surface area contributed by atoms with Gasteiger partial charge in [-0.2, -0.15) is 5.10 Å². The van der Waals surface area contributed by atoms with Crippen LogP contribution < -0.4 is 0 Å². The van der Waals surface area contributed by atoms with Gasteiger partial charge in [-0.15, -0.1) is 0 Å². The maximum atomic E-state index is 11.6. The van der Waals surface area contributed by atoms with Gasteiger partial charge in [-0.05, 0) is 36.4 Å². The van der Waals surface area contributed by atoms with Gasteiger partial charge in [0.25, 0.3) is 0 Å². The van der Waals surface area contributed by atoms with Crippen LogP contribution in [0.4, 0.5) is 0 Å². The molecule has 0 N–H and O–H groups in total. The predicted octanol–water partition coefficient (Wildman–Crippen LogP) is 2.38. The van der Waals surface area contributed by atoms with Crippen LogP contribution in [-0.4, -0.2) is 22.7 Å². The lowest BCUT2D eigenvalue weighted by Gasteiger charge is -2.02. The van der Waals surface area contributed by atoms with Crippen LogP contribution in [0.25, 0.3) is 17.0 Å². The van der Waals surface area contributed by atoms with Crippen molar-refractivity contribution in [1.29, 1.82) is 0 Å². The number of carbonyl (C=O) groups excluding carboxylic acids is 1. The number of nitrogens with zero attached hydrogens (tertiary/aromatic N) is 2. The Balaban J connectivity index is 2.18. The summed E-state index contributed by atoms with van der Waals surface area (Å²) in [7, 11) is 1.35. The van der Waals surface area contributed by atoms with Crippen LogP contribution in [0.3, 0.4) is 0 Å². The summed E-state index contributed by atoms with van der Waals surface area (Å²) in [6, 6.07) is 10.8. The van der Waals surface area contributed by atoms with E-state index in [2.05, 4.69) is 5.10 Å². The molecule has 5 heteroatoms. The van der Waals surface area contributed by atoms with Gasteiger partial charge in [0.1, 0.15) is 5.69 Å². The summed E-state index contributed by atoms with van der Waals surface area (Å²) in [5.74, 6) is 0.237. The fraction of sp³-hybridized carbons (Fsp3) is 0.0769. The van der Waals surface area contributed by atoms with Gasteiger partial charge >= 0.3 is 5.97 Å². The van der Waals surface area contributed by atoms with E-state index in [9.17, 15) is 4.79 Å². The van der Waals surface area contributed by atoms with E-state index >= 15 is 0 Å². The number of aromatic nitrogens is 2. The van der Waals surface area contributed by atoms with Crippen molar-refractivity contribution >= 4 is 11.5 Å². The van der Waals surface area contributed by atoms with Gasteiger partial charge < -0.3 is 9.15 Å². The van der Waals surface area contributed by atoms with Gasteiger partial charge in [0.2, 0.25) is 0 Å². The average Bonchev–Trinajstić information content (AvgIpc) is 3.06. The Labute approximate surface area is 103 Å². The zero-order valence-electron chi connectivity index (χ0n) is 9.66. The molecule has 5 nitrogen and oxygen atoms in total. The first-order valence-corrected chi connectivity index (χ1v) is 5.40. The first kappa shape index (κ1) is 10.6. The van der Waals surface area contributed by atoms with E-state index in [-0.39, 0.29) is 0 Å². The number of ether oxygens (including phenoxy) is 1. The van der Waals surface area contributed by atoms with E-state index in [1.807, 2.05) is 24.3 Å². The molecule has 0 aliphatic heterocycles. The monoisotopic (exact) mass is 242 g/mol. The Bertz CT molecular complexity index is 698. The molecule has 0 bridgehead atoms. The highest BCUT2D eigenvalue weighted by atomic mass is 16.5. The molecule has 3 rings (SSSR count). The minimum absolute atomic E-state index is 0.390. The summed E-state index contributed by atoms with van der Waals surface area (Å²) in [5, 5.41) is 4.37. The maximum Gasteiger partial charge on any atom is 0.356 e. The first-order valence-electron chi connectivity index (χ1n) is 5.40. The van der Waals surface area contributed by atoms with Gasteiger partial charge in [-0.25, -0.2) is 9.31 Å². The molecule has 0 atom stereocenters. The Morgan fingerprint density at radius 1 is 1.28 bits per heavy atom. The Hall–Kier alpha value is -2.56. The summed E-state index contributed by atoms with van der Waals surface area (Å²) in [5.41, 5.74) is 1.88. The standard InChI is InChI=1S/C13H10N2O3/c1-17-13(16)11-7-5-9-4-6-10(14-15(9)11)12-3-2-8-18-12/h2-8H,1H3. The second-order valence-corrected chi connectivity index (χ2v) is 3.74. The number of fused-ring (bicyclic) bond motifs is 1. The molecule has 0 spiro atoms. The van der Waals surface area contributed by atoms with Crippen molar-refractivity contribution in [2.45, 2.75) is 0 Å². The summed E-state index contributed by atoms with van der Waals surface area (Å²) >= 11 is 0. The molecule has 0 radical (unpaired) electrons. The second-order valence-electron chi connectivity index (χ2n) is 3.74. The van der Waals surface area contributed by atoms with E-state index in [0.717, 1.165) is 5.52 Å². The lowest BCUT2D eigenvalue weighted by Crippen LogP contribution is -2.07. The molecule has 0 aromatic carbocycles. The number of furan rings is 1. The molecule has 3 aromatic rings. The molecule has 0 unspecified atom stereocenters. The predicted molar refractivity (Wildman–Crippen MR) is 64.2 cm³/mol. The van der Waals surface area contributed by atoms with Crippen LogP contribution in [0.1, 0.15) is 10.5 Å². The summed E-state index contributed by atoms with van der Waals surface area (Å²) in [4.78, 5) is 11.6. The van der Waals surface area contributed by atoms with Crippen molar-refractivity contribution in [2.24, 2.45) is 0 Å². The van der Waals surface area contributed by atoms with Gasteiger partial charge in [0.15, 0.2) is 11.5 Å². The largest absolute Gasteiger partial charge is 0.464 e. The van der Waals surface area contributed by atoms with Crippen molar-refractivity contribution in [3.05, 3.63) is 48.4 Å². The SMILES string of the molecule is COC(=O)c1ccc2ccc(-c3ccco3)nn12. The van der Waals surface area contributed by atoms with E-state index in [0.29, 0.717) is 17.1 Å². The zero-order valence-corrected chi connectivity index (χ0v) is 9.66. The second kappa shape index (κ2) is 4.03. The van der Waals surface area contributed by atoms with Gasteiger partial charge in [-0.3, -0.25) is 0 Å². The van der Waals surface area contributed by atoms with Crippen LogP contribution in [0, 0.1) is 0 Å². The number of hydrogen-bond donors (Lipinski definition) is 0. The molecule has 0 fully saturated rings. The third-order valence-corrected chi connectivity index (χ3v) is 2.67. The molecule has 3 heterocycles. The molecular formula is C13H10N2O3. The molecule has 0 saturated heterocycles. The molecule has 90 valence electrons. The Kier molecular flexibility index (Phi) is 2.37. The smallest absolute Gasteiger partial charge is 0.356 e. The average molecular weight is 242 g/mol. The number of rotatable bonds is 2. The van der Waals surface area contributed by atoms with Crippen molar-refractivity contribution < 1.29 is 13.9 Å². The molecule has 3 aromatic heterocycles. The summed E-state index contributed by atoms with van der Waals surface area (Å²) in [6.45, 7) is 0. The zero-order chi connectivity index (χ0) is 12.5. The highest BCUT2D eigenvalue weighted by molar-refractivity contribution is 5.89. The molecule has 18 heavy (non-hydrogen) atoms. The number of hydrogen-bond acceptors (Lipinski definition) is 4. The van der Waals surface area contributed by atoms with Crippen LogP contribution in [0.5, 0.6) is 0 Å². The van der Waals surface area contributed by atoms with Crippen molar-refractivity contribution in [1.82, 2.24) is 9.61 Å². The fourth-order valence-corrected chi connectivity index (χ4v) is 1.80. The van der Waals surface area contributed by atoms with Gasteiger partial charge in [-0.1, -0.05) is 0 Å². The third kappa shape index (κ3) is 1.57. The molecule has 0 amide bonds. The molecule has 0 aliphatic rings. The fourth-order valence-electron chi connectivity index (χ4n) is 1.80. The van der Waals surface area contributed by atoms with Gasteiger partial charge in [0, 0.05) is 0 Å². The van der Waals surface area contributed by atoms with Crippen LogP contribution in [0.2, 0.25) is 0 Å². The third-order valence-electron chi connectivity index (χ3n) is 2.67. The van der Waals surface area contributed by atoms with E-state index in [4.69, 9.17) is 9.15 Å². The minimum atomic E-state index is -0.418. The lowest BCUT2D eigenvalue weighted by atomic mass is 10.3. The van der Waals surface area contributed by atoms with E-state index in [1.165, 1.54) is 7.11 Å². The summed E-state index contributed by atoms with van der Waals surface area (Å²) < 4.78 is 11.5. The molecular weight excluding hydrogens is 232 g/mol. The molecule has 0 saturated carbocycles. The minimum Gasteiger partial charge on any atom is -0.464 e. The number of esters is 1. The topological polar surface area (TPSA) is 56.7 Å². The van der Waals surface area contributed by atoms with Crippen LogP contribution >= 0.6 is 0 Å². The van der Waals surface area contributed by atoms with Crippen molar-refractivity contribution in [3.63, 3.8) is 0 Å². The van der Waals surface area contributed by atoms with Crippen LogP contribution in [0.15, 0.2) is 47.1 Å².